The third kappa shape index (κ3) is 11.3. The molecule has 0 aromatic rings. The third-order valence-corrected chi connectivity index (χ3v) is 2.35. The normalized spacial score (nSPS) is 10.1. The number of ether oxygens (including phenoxy) is 1. The van der Waals surface area contributed by atoms with Gasteiger partial charge in [-0.25, -0.2) is 0 Å². The number of carbonyl (C=O) groups excluding carboxylic acids is 1. The summed E-state index contributed by atoms with van der Waals surface area (Å²) in [6.45, 7) is 0.321. The van der Waals surface area contributed by atoms with Crippen LogP contribution in [0.3, 0.4) is 0 Å². The lowest BCUT2D eigenvalue weighted by atomic mass is 10.1. The summed E-state index contributed by atoms with van der Waals surface area (Å²) >= 11 is 5.53. The number of unbranched alkanes of at least 4 members (excludes halogenated alkanes) is 5. The van der Waals surface area contributed by atoms with E-state index in [9.17, 15) is 9.59 Å². The van der Waals surface area contributed by atoms with E-state index in [-0.39, 0.29) is 0 Å². The van der Waals surface area contributed by atoms with Gasteiger partial charge in [0.2, 0.25) is 0 Å². The van der Waals surface area contributed by atoms with Crippen molar-refractivity contribution in [3.05, 3.63) is 0 Å². The van der Waals surface area contributed by atoms with Gasteiger partial charge >= 0.3 is 11.9 Å². The van der Waals surface area contributed by atoms with E-state index in [0.29, 0.717) is 12.5 Å². The van der Waals surface area contributed by atoms with E-state index in [2.05, 4.69) is 0 Å². The van der Waals surface area contributed by atoms with E-state index < -0.39 is 18.4 Å². The molecule has 0 bridgehead atoms. The number of hydrogen-bond donors (Lipinski definition) is 1. The fourth-order valence-electron chi connectivity index (χ4n) is 1.26. The van der Waals surface area contributed by atoms with E-state index in [1.165, 1.54) is 0 Å². The van der Waals surface area contributed by atoms with Crippen LogP contribution in [0.5, 0.6) is 0 Å². The van der Waals surface area contributed by atoms with Gasteiger partial charge in [-0.15, -0.1) is 11.6 Å². The molecule has 0 fully saturated rings. The maximum Gasteiger partial charge on any atom is 0.317 e. The topological polar surface area (TPSA) is 63.6 Å². The van der Waals surface area contributed by atoms with Crippen LogP contribution in [0.4, 0.5) is 0 Å². The molecule has 0 rings (SSSR count). The molecule has 4 nitrogen and oxygen atoms in total. The summed E-state index contributed by atoms with van der Waals surface area (Å²) in [5.41, 5.74) is 0. The van der Waals surface area contributed by atoms with Gasteiger partial charge < -0.3 is 9.84 Å². The van der Waals surface area contributed by atoms with Crippen molar-refractivity contribution < 1.29 is 19.4 Å². The molecule has 0 aromatic carbocycles. The molecule has 0 aliphatic rings. The SMILES string of the molecule is O=C(O)CC(=O)OCCCCCCCCCl. The Morgan fingerprint density at radius 1 is 1.00 bits per heavy atom. The molecule has 0 aliphatic heterocycles. The third-order valence-electron chi connectivity index (χ3n) is 2.09. The summed E-state index contributed by atoms with van der Waals surface area (Å²) in [5, 5.41) is 8.30. The highest BCUT2D eigenvalue weighted by molar-refractivity contribution is 6.17. The lowest BCUT2D eigenvalue weighted by Gasteiger charge is -2.03. The van der Waals surface area contributed by atoms with Crippen molar-refractivity contribution in [2.75, 3.05) is 12.5 Å². The minimum absolute atomic E-state index is 0.321. The van der Waals surface area contributed by atoms with Gasteiger partial charge in [-0.1, -0.05) is 25.7 Å². The smallest absolute Gasteiger partial charge is 0.317 e. The van der Waals surface area contributed by atoms with Crippen molar-refractivity contribution in [2.45, 2.75) is 44.9 Å². The molecule has 16 heavy (non-hydrogen) atoms. The molecule has 0 aromatic heterocycles. The molecule has 0 radical (unpaired) electrons. The molecule has 0 saturated carbocycles. The molecule has 0 heterocycles. The van der Waals surface area contributed by atoms with Crippen LogP contribution >= 0.6 is 11.6 Å². The Morgan fingerprint density at radius 2 is 1.56 bits per heavy atom. The summed E-state index contributed by atoms with van der Waals surface area (Å²) < 4.78 is 4.74. The quantitative estimate of drug-likeness (QED) is 0.280. The van der Waals surface area contributed by atoms with Gasteiger partial charge in [0.15, 0.2) is 0 Å². The van der Waals surface area contributed by atoms with Crippen LogP contribution in [0.15, 0.2) is 0 Å². The molecule has 0 atom stereocenters. The number of carboxylic acid groups (broad SMARTS) is 1. The zero-order chi connectivity index (χ0) is 12.2. The van der Waals surface area contributed by atoms with Crippen LogP contribution in [0.2, 0.25) is 0 Å². The summed E-state index contributed by atoms with van der Waals surface area (Å²) in [6.07, 6.45) is 5.70. The minimum atomic E-state index is -1.15. The minimum Gasteiger partial charge on any atom is -0.481 e. The second kappa shape index (κ2) is 10.7. The van der Waals surface area contributed by atoms with Crippen molar-refractivity contribution in [3.8, 4) is 0 Å². The highest BCUT2D eigenvalue weighted by Gasteiger charge is 2.07. The zero-order valence-electron chi connectivity index (χ0n) is 9.41. The Kier molecular flexibility index (Phi) is 10.2. The predicted octanol–water partition coefficient (Wildman–Crippen LogP) is 2.58. The van der Waals surface area contributed by atoms with Crippen molar-refractivity contribution in [1.29, 1.82) is 0 Å². The van der Waals surface area contributed by atoms with Crippen molar-refractivity contribution in [2.24, 2.45) is 0 Å². The van der Waals surface area contributed by atoms with E-state index >= 15 is 0 Å². The van der Waals surface area contributed by atoms with Gasteiger partial charge in [0.1, 0.15) is 6.42 Å². The number of rotatable bonds is 10. The number of hydrogen-bond acceptors (Lipinski definition) is 3. The average molecular weight is 251 g/mol. The van der Waals surface area contributed by atoms with Crippen LogP contribution in [-0.2, 0) is 14.3 Å². The maximum absolute atomic E-state index is 10.8. The first-order chi connectivity index (χ1) is 7.66. The number of carboxylic acids is 1. The molecule has 0 aliphatic carbocycles. The first kappa shape index (κ1) is 15.2. The number of aliphatic carboxylic acids is 1. The van der Waals surface area contributed by atoms with Gasteiger partial charge in [0.25, 0.3) is 0 Å². The van der Waals surface area contributed by atoms with Crippen molar-refractivity contribution >= 4 is 23.5 Å². The Labute approximate surface area is 101 Å². The Morgan fingerprint density at radius 3 is 2.12 bits per heavy atom. The van der Waals surface area contributed by atoms with Gasteiger partial charge in [-0.3, -0.25) is 9.59 Å². The monoisotopic (exact) mass is 250 g/mol. The van der Waals surface area contributed by atoms with Crippen molar-refractivity contribution in [1.82, 2.24) is 0 Å². The highest BCUT2D eigenvalue weighted by atomic mass is 35.5. The van der Waals surface area contributed by atoms with Crippen LogP contribution < -0.4 is 0 Å². The fraction of sp³-hybridized carbons (Fsp3) is 0.818. The zero-order valence-corrected chi connectivity index (χ0v) is 10.2. The molecule has 0 spiro atoms. The van der Waals surface area contributed by atoms with E-state index in [1.807, 2.05) is 0 Å². The molecule has 0 amide bonds. The summed E-state index contributed by atoms with van der Waals surface area (Å²) in [5.74, 6) is -1.09. The Hall–Kier alpha value is -0.770. The van der Waals surface area contributed by atoms with Gasteiger partial charge in [0.05, 0.1) is 6.61 Å². The lowest BCUT2D eigenvalue weighted by Crippen LogP contribution is -2.11. The number of halogens is 1. The number of carbonyl (C=O) groups is 2. The van der Waals surface area contributed by atoms with Gasteiger partial charge in [-0.2, -0.15) is 0 Å². The second-order valence-electron chi connectivity index (χ2n) is 3.60. The molecule has 5 heteroatoms. The fourth-order valence-corrected chi connectivity index (χ4v) is 1.45. The lowest BCUT2D eigenvalue weighted by molar-refractivity contribution is -0.151. The average Bonchev–Trinajstić information content (AvgIpc) is 2.21. The largest absolute Gasteiger partial charge is 0.481 e. The van der Waals surface area contributed by atoms with E-state index in [0.717, 1.165) is 38.5 Å². The number of esters is 1. The summed E-state index contributed by atoms with van der Waals surface area (Å²) in [7, 11) is 0. The maximum atomic E-state index is 10.8. The van der Waals surface area contributed by atoms with Crippen LogP contribution in [0.25, 0.3) is 0 Å². The van der Waals surface area contributed by atoms with Crippen LogP contribution in [0.1, 0.15) is 44.9 Å². The highest BCUT2D eigenvalue weighted by Crippen LogP contribution is 2.06. The van der Waals surface area contributed by atoms with E-state index in [1.54, 1.807) is 0 Å². The molecule has 0 saturated heterocycles. The molecular formula is C11H19ClO4. The molecule has 94 valence electrons. The first-order valence-corrected chi connectivity index (χ1v) is 6.13. The second-order valence-corrected chi connectivity index (χ2v) is 3.98. The van der Waals surface area contributed by atoms with Crippen LogP contribution in [-0.4, -0.2) is 29.5 Å². The summed E-state index contributed by atoms with van der Waals surface area (Å²) in [4.78, 5) is 20.9. The number of alkyl halides is 1. The predicted molar refractivity (Wildman–Crippen MR) is 61.6 cm³/mol. The van der Waals surface area contributed by atoms with E-state index in [4.69, 9.17) is 21.4 Å². The van der Waals surface area contributed by atoms with Crippen molar-refractivity contribution in [3.63, 3.8) is 0 Å². The molecular weight excluding hydrogens is 232 g/mol. The van der Waals surface area contributed by atoms with Crippen LogP contribution in [0, 0.1) is 0 Å². The standard InChI is InChI=1S/C11H19ClO4/c12-7-5-3-1-2-4-6-8-16-11(15)9-10(13)14/h1-9H2,(H,13,14). The molecule has 1 N–H and O–H groups in total. The first-order valence-electron chi connectivity index (χ1n) is 5.60. The summed E-state index contributed by atoms with van der Waals surface area (Å²) in [6, 6.07) is 0. The van der Waals surface area contributed by atoms with Gasteiger partial charge in [0, 0.05) is 5.88 Å². The molecule has 0 unspecified atom stereocenters. The Bertz CT molecular complexity index is 206. The Balaban J connectivity index is 3.14. The van der Waals surface area contributed by atoms with Gasteiger partial charge in [-0.05, 0) is 12.8 Å².